The van der Waals surface area contributed by atoms with E-state index in [1.807, 2.05) is 0 Å². The van der Waals surface area contributed by atoms with Crippen LogP contribution in [0.1, 0.15) is 38.2 Å². The lowest BCUT2D eigenvalue weighted by molar-refractivity contribution is -0.141. The molecule has 2 rings (SSSR count). The molecule has 0 aliphatic carbocycles. The number of rotatable bonds is 5. The Morgan fingerprint density at radius 3 is 3.05 bits per heavy atom. The monoisotopic (exact) mass is 264 g/mol. The number of ether oxygens (including phenoxy) is 1. The summed E-state index contributed by atoms with van der Waals surface area (Å²) in [5.74, 6) is 0.106. The van der Waals surface area contributed by atoms with E-state index in [1.54, 1.807) is 25.1 Å². The first-order chi connectivity index (χ1) is 9.06. The maximum Gasteiger partial charge on any atom is 0.306 e. The number of aliphatic carboxylic acids is 1. The van der Waals surface area contributed by atoms with Crippen molar-refractivity contribution in [3.8, 4) is 11.5 Å². The van der Waals surface area contributed by atoms with Gasteiger partial charge in [-0.1, -0.05) is 6.92 Å². The topological polar surface area (TPSA) is 66.8 Å². The van der Waals surface area contributed by atoms with E-state index in [9.17, 15) is 9.90 Å². The maximum absolute atomic E-state index is 10.7. The molecule has 1 heterocycles. The molecular formula is C15H20O4. The third kappa shape index (κ3) is 3.63. The van der Waals surface area contributed by atoms with E-state index in [2.05, 4.69) is 0 Å². The van der Waals surface area contributed by atoms with Gasteiger partial charge in [0.05, 0.1) is 12.0 Å². The molecule has 2 atom stereocenters. The molecule has 1 aromatic rings. The number of hydrogen-bond acceptors (Lipinski definition) is 3. The Kier molecular flexibility index (Phi) is 4.30. The third-order valence-electron chi connectivity index (χ3n) is 3.66. The summed E-state index contributed by atoms with van der Waals surface area (Å²) in [7, 11) is 0. The highest BCUT2D eigenvalue weighted by Gasteiger charge is 2.20. The third-order valence-corrected chi connectivity index (χ3v) is 3.66. The number of carbonyl (C=O) groups is 1. The Labute approximate surface area is 113 Å². The van der Waals surface area contributed by atoms with Gasteiger partial charge in [0, 0.05) is 0 Å². The summed E-state index contributed by atoms with van der Waals surface area (Å²) in [6, 6.07) is 5.18. The summed E-state index contributed by atoms with van der Waals surface area (Å²) in [5.41, 5.74) is 1.05. The Bertz CT molecular complexity index is 455. The number of phenols is 1. The highest BCUT2D eigenvalue weighted by atomic mass is 16.5. The summed E-state index contributed by atoms with van der Waals surface area (Å²) in [4.78, 5) is 10.7. The molecule has 0 radical (unpaired) electrons. The SMILES string of the molecule is CC(CCCC1CCc2cc(O)ccc2O1)C(=O)O. The minimum atomic E-state index is -0.731. The van der Waals surface area contributed by atoms with E-state index in [-0.39, 0.29) is 17.8 Å². The van der Waals surface area contributed by atoms with Crippen LogP contribution in [-0.2, 0) is 11.2 Å². The lowest BCUT2D eigenvalue weighted by atomic mass is 9.96. The van der Waals surface area contributed by atoms with Gasteiger partial charge in [-0.3, -0.25) is 4.79 Å². The Balaban J connectivity index is 1.82. The number of phenolic OH excluding ortho intramolecular Hbond substituents is 1. The van der Waals surface area contributed by atoms with Gasteiger partial charge in [-0.2, -0.15) is 0 Å². The van der Waals surface area contributed by atoms with Crippen molar-refractivity contribution < 1.29 is 19.7 Å². The molecule has 104 valence electrons. The van der Waals surface area contributed by atoms with Gasteiger partial charge in [-0.05, 0) is 55.9 Å². The second-order valence-corrected chi connectivity index (χ2v) is 5.24. The molecule has 1 aliphatic rings. The zero-order valence-corrected chi connectivity index (χ0v) is 11.1. The average molecular weight is 264 g/mol. The smallest absolute Gasteiger partial charge is 0.306 e. The first-order valence-electron chi connectivity index (χ1n) is 6.77. The van der Waals surface area contributed by atoms with Crippen molar-refractivity contribution in [3.05, 3.63) is 23.8 Å². The van der Waals surface area contributed by atoms with Crippen molar-refractivity contribution in [2.75, 3.05) is 0 Å². The fourth-order valence-electron chi connectivity index (χ4n) is 2.41. The van der Waals surface area contributed by atoms with Gasteiger partial charge in [0.2, 0.25) is 0 Å². The van der Waals surface area contributed by atoms with E-state index >= 15 is 0 Å². The molecule has 0 amide bonds. The van der Waals surface area contributed by atoms with Crippen molar-refractivity contribution >= 4 is 5.97 Å². The van der Waals surface area contributed by atoms with Crippen LogP contribution >= 0.6 is 0 Å². The van der Waals surface area contributed by atoms with Gasteiger partial charge < -0.3 is 14.9 Å². The highest BCUT2D eigenvalue weighted by Crippen LogP contribution is 2.31. The van der Waals surface area contributed by atoms with Crippen LogP contribution in [0.25, 0.3) is 0 Å². The van der Waals surface area contributed by atoms with Crippen LogP contribution in [-0.4, -0.2) is 22.3 Å². The number of aromatic hydroxyl groups is 1. The quantitative estimate of drug-likeness (QED) is 0.858. The first-order valence-corrected chi connectivity index (χ1v) is 6.77. The first kappa shape index (κ1) is 13.7. The van der Waals surface area contributed by atoms with Crippen LogP contribution in [0.3, 0.4) is 0 Å². The summed E-state index contributed by atoms with van der Waals surface area (Å²) >= 11 is 0. The highest BCUT2D eigenvalue weighted by molar-refractivity contribution is 5.69. The number of carboxylic acids is 1. The molecular weight excluding hydrogens is 244 g/mol. The van der Waals surface area contributed by atoms with Crippen molar-refractivity contribution in [1.29, 1.82) is 0 Å². The predicted octanol–water partition coefficient (Wildman–Crippen LogP) is 2.98. The minimum Gasteiger partial charge on any atom is -0.508 e. The number of hydrogen-bond donors (Lipinski definition) is 2. The molecule has 4 nitrogen and oxygen atoms in total. The van der Waals surface area contributed by atoms with Crippen molar-refractivity contribution in [2.45, 2.75) is 45.1 Å². The second kappa shape index (κ2) is 5.95. The Hall–Kier alpha value is -1.71. The second-order valence-electron chi connectivity index (χ2n) is 5.24. The molecule has 0 saturated heterocycles. The van der Waals surface area contributed by atoms with Gasteiger partial charge in [0.25, 0.3) is 0 Å². The molecule has 1 aliphatic heterocycles. The van der Waals surface area contributed by atoms with Crippen LogP contribution in [0.2, 0.25) is 0 Å². The lowest BCUT2D eigenvalue weighted by Gasteiger charge is -2.26. The van der Waals surface area contributed by atoms with E-state index in [1.165, 1.54) is 0 Å². The lowest BCUT2D eigenvalue weighted by Crippen LogP contribution is -2.23. The number of benzene rings is 1. The molecule has 0 bridgehead atoms. The van der Waals surface area contributed by atoms with Crippen LogP contribution in [0, 0.1) is 5.92 Å². The van der Waals surface area contributed by atoms with Crippen molar-refractivity contribution in [1.82, 2.24) is 0 Å². The van der Waals surface area contributed by atoms with Crippen LogP contribution in [0.4, 0.5) is 0 Å². The molecule has 0 spiro atoms. The predicted molar refractivity (Wildman–Crippen MR) is 71.5 cm³/mol. The molecule has 2 N–H and O–H groups in total. The fourth-order valence-corrected chi connectivity index (χ4v) is 2.41. The van der Waals surface area contributed by atoms with E-state index in [4.69, 9.17) is 9.84 Å². The average Bonchev–Trinajstić information content (AvgIpc) is 2.38. The number of carboxylic acid groups (broad SMARTS) is 1. The summed E-state index contributed by atoms with van der Waals surface area (Å²) in [6.45, 7) is 1.74. The Morgan fingerprint density at radius 2 is 2.32 bits per heavy atom. The zero-order chi connectivity index (χ0) is 13.8. The van der Waals surface area contributed by atoms with Gasteiger partial charge in [-0.15, -0.1) is 0 Å². The number of fused-ring (bicyclic) bond motifs is 1. The summed E-state index contributed by atoms with van der Waals surface area (Å²) in [6.07, 6.45) is 4.44. The number of aryl methyl sites for hydroxylation is 1. The van der Waals surface area contributed by atoms with Gasteiger partial charge in [-0.25, -0.2) is 0 Å². The molecule has 1 aromatic carbocycles. The largest absolute Gasteiger partial charge is 0.508 e. The molecule has 19 heavy (non-hydrogen) atoms. The molecule has 0 fully saturated rings. The van der Waals surface area contributed by atoms with Gasteiger partial charge in [0.1, 0.15) is 11.5 Å². The van der Waals surface area contributed by atoms with Crippen LogP contribution in [0.5, 0.6) is 11.5 Å². The van der Waals surface area contributed by atoms with Gasteiger partial charge >= 0.3 is 5.97 Å². The van der Waals surface area contributed by atoms with Crippen LogP contribution < -0.4 is 4.74 Å². The molecule has 0 aromatic heterocycles. The Morgan fingerprint density at radius 1 is 1.53 bits per heavy atom. The minimum absolute atomic E-state index is 0.165. The summed E-state index contributed by atoms with van der Waals surface area (Å²) < 4.78 is 5.87. The van der Waals surface area contributed by atoms with E-state index in [0.29, 0.717) is 6.42 Å². The van der Waals surface area contributed by atoms with Gasteiger partial charge in [0.15, 0.2) is 0 Å². The normalized spacial score (nSPS) is 19.3. The molecule has 4 heteroatoms. The van der Waals surface area contributed by atoms with Crippen LogP contribution in [0.15, 0.2) is 18.2 Å². The zero-order valence-electron chi connectivity index (χ0n) is 11.1. The summed E-state index contributed by atoms with van der Waals surface area (Å²) in [5, 5.41) is 18.2. The van der Waals surface area contributed by atoms with Crippen molar-refractivity contribution in [3.63, 3.8) is 0 Å². The maximum atomic E-state index is 10.7. The standard InChI is InChI=1S/C15H20O4/c1-10(15(17)18)3-2-4-13-7-5-11-9-12(16)6-8-14(11)19-13/h6,8-10,13,16H,2-5,7H2,1H3,(H,17,18). The van der Waals surface area contributed by atoms with Crippen molar-refractivity contribution in [2.24, 2.45) is 5.92 Å². The van der Waals surface area contributed by atoms with E-state index < -0.39 is 5.97 Å². The molecule has 2 unspecified atom stereocenters. The fraction of sp³-hybridized carbons (Fsp3) is 0.533. The molecule has 0 saturated carbocycles. The van der Waals surface area contributed by atoms with E-state index in [0.717, 1.165) is 37.0 Å².